The average molecular weight is 267 g/mol. The maximum absolute atomic E-state index is 13.1. The molecule has 0 bridgehead atoms. The van der Waals surface area contributed by atoms with Crippen molar-refractivity contribution in [3.8, 4) is 0 Å². The molecule has 2 unspecified atom stereocenters. The number of rotatable bonds is 3. The van der Waals surface area contributed by atoms with Crippen LogP contribution in [0.25, 0.3) is 0 Å². The predicted octanol–water partition coefficient (Wildman–Crippen LogP) is 4.27. The van der Waals surface area contributed by atoms with Gasteiger partial charge < -0.3 is 5.32 Å². The smallest absolute Gasteiger partial charge is 0.159 e. The zero-order chi connectivity index (χ0) is 14.0. The summed E-state index contributed by atoms with van der Waals surface area (Å²) in [6, 6.07) is 4.58. The third kappa shape index (κ3) is 4.00. The molecule has 0 spiro atoms. The Morgan fingerprint density at radius 3 is 2.58 bits per heavy atom. The SMILES string of the molecule is CC1CC(NCc2ccc(F)c(F)c2)CC(C)(C)C1. The zero-order valence-corrected chi connectivity index (χ0v) is 12.0. The van der Waals surface area contributed by atoms with Crippen molar-refractivity contribution >= 4 is 0 Å². The van der Waals surface area contributed by atoms with Crippen LogP contribution in [0.3, 0.4) is 0 Å². The summed E-state index contributed by atoms with van der Waals surface area (Å²) in [5, 5.41) is 3.48. The molecule has 106 valence electrons. The van der Waals surface area contributed by atoms with E-state index in [0.717, 1.165) is 18.4 Å². The molecule has 1 aliphatic carbocycles. The topological polar surface area (TPSA) is 12.0 Å². The van der Waals surface area contributed by atoms with Gasteiger partial charge in [0.25, 0.3) is 0 Å². The maximum atomic E-state index is 13.1. The molecule has 0 aromatic heterocycles. The highest BCUT2D eigenvalue weighted by atomic mass is 19.2. The van der Waals surface area contributed by atoms with Gasteiger partial charge in [-0.25, -0.2) is 8.78 Å². The van der Waals surface area contributed by atoms with E-state index >= 15 is 0 Å². The normalized spacial score (nSPS) is 26.4. The van der Waals surface area contributed by atoms with E-state index in [4.69, 9.17) is 0 Å². The second kappa shape index (κ2) is 5.58. The minimum absolute atomic E-state index is 0.364. The Morgan fingerprint density at radius 1 is 1.21 bits per heavy atom. The number of benzene rings is 1. The Kier molecular flexibility index (Phi) is 4.24. The number of halogens is 2. The monoisotopic (exact) mass is 267 g/mol. The summed E-state index contributed by atoms with van der Waals surface area (Å²) in [6.07, 6.45) is 3.56. The lowest BCUT2D eigenvalue weighted by Crippen LogP contribution is -2.39. The van der Waals surface area contributed by atoms with Crippen LogP contribution in [0.4, 0.5) is 8.78 Å². The van der Waals surface area contributed by atoms with Gasteiger partial charge in [0.05, 0.1) is 0 Å². The fraction of sp³-hybridized carbons (Fsp3) is 0.625. The lowest BCUT2D eigenvalue weighted by atomic mass is 9.70. The average Bonchev–Trinajstić information content (AvgIpc) is 2.28. The molecule has 0 saturated heterocycles. The number of nitrogens with one attached hydrogen (secondary N) is 1. The molecule has 2 rings (SSSR count). The Labute approximate surface area is 114 Å². The number of hydrogen-bond donors (Lipinski definition) is 1. The van der Waals surface area contributed by atoms with Crippen molar-refractivity contribution in [2.45, 2.75) is 52.6 Å². The quantitative estimate of drug-likeness (QED) is 0.862. The van der Waals surface area contributed by atoms with Crippen LogP contribution in [0.2, 0.25) is 0 Å². The van der Waals surface area contributed by atoms with Gasteiger partial charge in [-0.1, -0.05) is 26.8 Å². The molecular weight excluding hydrogens is 244 g/mol. The van der Waals surface area contributed by atoms with Gasteiger partial charge in [0.15, 0.2) is 11.6 Å². The molecule has 0 radical (unpaired) electrons. The highest BCUT2D eigenvalue weighted by Gasteiger charge is 2.31. The summed E-state index contributed by atoms with van der Waals surface area (Å²) >= 11 is 0. The Balaban J connectivity index is 1.93. The van der Waals surface area contributed by atoms with Gasteiger partial charge >= 0.3 is 0 Å². The van der Waals surface area contributed by atoms with E-state index in [9.17, 15) is 8.78 Å². The van der Waals surface area contributed by atoms with Crippen molar-refractivity contribution in [2.24, 2.45) is 11.3 Å². The van der Waals surface area contributed by atoms with Gasteiger partial charge in [-0.05, 0) is 48.3 Å². The first-order valence-corrected chi connectivity index (χ1v) is 7.03. The fourth-order valence-electron chi connectivity index (χ4n) is 3.41. The second-order valence-corrected chi connectivity index (χ2v) is 6.74. The van der Waals surface area contributed by atoms with Crippen LogP contribution in [-0.2, 0) is 6.54 Å². The van der Waals surface area contributed by atoms with Gasteiger partial charge in [-0.15, -0.1) is 0 Å². The zero-order valence-electron chi connectivity index (χ0n) is 12.0. The standard InChI is InChI=1S/C16H23F2N/c1-11-6-13(9-16(2,3)8-11)19-10-12-4-5-14(17)15(18)7-12/h4-5,7,11,13,19H,6,8-10H2,1-3H3. The largest absolute Gasteiger partial charge is 0.310 e. The molecule has 1 saturated carbocycles. The summed E-state index contributed by atoms with van der Waals surface area (Å²) in [5.74, 6) is -0.834. The van der Waals surface area contributed by atoms with Crippen LogP contribution in [0.15, 0.2) is 18.2 Å². The highest BCUT2D eigenvalue weighted by molar-refractivity contribution is 5.17. The van der Waals surface area contributed by atoms with E-state index in [0.29, 0.717) is 23.9 Å². The predicted molar refractivity (Wildman–Crippen MR) is 73.8 cm³/mol. The van der Waals surface area contributed by atoms with Gasteiger partial charge in [-0.3, -0.25) is 0 Å². The molecule has 1 aromatic rings. The van der Waals surface area contributed by atoms with E-state index in [1.165, 1.54) is 18.6 Å². The molecule has 1 fully saturated rings. The van der Waals surface area contributed by atoms with Crippen molar-refractivity contribution < 1.29 is 8.78 Å². The Bertz CT molecular complexity index is 442. The fourth-order valence-corrected chi connectivity index (χ4v) is 3.41. The van der Waals surface area contributed by atoms with Crippen LogP contribution in [0.1, 0.15) is 45.6 Å². The van der Waals surface area contributed by atoms with Crippen LogP contribution >= 0.6 is 0 Å². The second-order valence-electron chi connectivity index (χ2n) is 6.74. The molecule has 1 aromatic carbocycles. The molecule has 2 atom stereocenters. The van der Waals surface area contributed by atoms with Crippen molar-refractivity contribution in [1.82, 2.24) is 5.32 Å². The van der Waals surface area contributed by atoms with Crippen LogP contribution in [0.5, 0.6) is 0 Å². The van der Waals surface area contributed by atoms with Gasteiger partial charge in [0.1, 0.15) is 0 Å². The van der Waals surface area contributed by atoms with E-state index in [-0.39, 0.29) is 0 Å². The van der Waals surface area contributed by atoms with E-state index < -0.39 is 11.6 Å². The first-order chi connectivity index (χ1) is 8.85. The highest BCUT2D eigenvalue weighted by Crippen LogP contribution is 2.38. The summed E-state index contributed by atoms with van der Waals surface area (Å²) in [5.41, 5.74) is 1.17. The molecule has 0 amide bonds. The van der Waals surface area contributed by atoms with Gasteiger partial charge in [-0.2, -0.15) is 0 Å². The first kappa shape index (κ1) is 14.4. The molecule has 19 heavy (non-hydrogen) atoms. The Hall–Kier alpha value is -0.960. The summed E-state index contributed by atoms with van der Waals surface area (Å²) in [4.78, 5) is 0. The van der Waals surface area contributed by atoms with Gasteiger partial charge in [0.2, 0.25) is 0 Å². The molecule has 1 aliphatic rings. The minimum Gasteiger partial charge on any atom is -0.310 e. The van der Waals surface area contributed by atoms with Gasteiger partial charge in [0, 0.05) is 12.6 Å². The third-order valence-electron chi connectivity index (χ3n) is 3.97. The van der Waals surface area contributed by atoms with Crippen LogP contribution in [-0.4, -0.2) is 6.04 Å². The Morgan fingerprint density at radius 2 is 1.95 bits per heavy atom. The van der Waals surface area contributed by atoms with Crippen LogP contribution in [0, 0.1) is 23.0 Å². The van der Waals surface area contributed by atoms with Crippen molar-refractivity contribution in [2.75, 3.05) is 0 Å². The van der Waals surface area contributed by atoms with E-state index in [1.54, 1.807) is 6.07 Å². The molecule has 1 N–H and O–H groups in total. The lowest BCUT2D eigenvalue weighted by Gasteiger charge is -2.39. The molecular formula is C16H23F2N. The molecule has 0 heterocycles. The van der Waals surface area contributed by atoms with Crippen LogP contribution < -0.4 is 5.32 Å². The minimum atomic E-state index is -0.781. The first-order valence-electron chi connectivity index (χ1n) is 7.03. The molecule has 0 aliphatic heterocycles. The lowest BCUT2D eigenvalue weighted by molar-refractivity contribution is 0.151. The summed E-state index contributed by atoms with van der Waals surface area (Å²) in [7, 11) is 0. The summed E-state index contributed by atoms with van der Waals surface area (Å²) in [6.45, 7) is 7.49. The van der Waals surface area contributed by atoms with E-state index in [1.807, 2.05) is 0 Å². The third-order valence-corrected chi connectivity index (χ3v) is 3.97. The van der Waals surface area contributed by atoms with Crippen molar-refractivity contribution in [3.63, 3.8) is 0 Å². The van der Waals surface area contributed by atoms with E-state index in [2.05, 4.69) is 26.1 Å². The maximum Gasteiger partial charge on any atom is 0.159 e. The van der Waals surface area contributed by atoms with Crippen molar-refractivity contribution in [3.05, 3.63) is 35.4 Å². The number of hydrogen-bond acceptors (Lipinski definition) is 1. The molecule has 3 heteroatoms. The summed E-state index contributed by atoms with van der Waals surface area (Å²) < 4.78 is 26.0. The van der Waals surface area contributed by atoms with Crippen molar-refractivity contribution in [1.29, 1.82) is 0 Å². The molecule has 1 nitrogen and oxygen atoms in total.